The van der Waals surface area contributed by atoms with E-state index in [2.05, 4.69) is 4.74 Å². The highest BCUT2D eigenvalue weighted by molar-refractivity contribution is 6.14. The van der Waals surface area contributed by atoms with Gasteiger partial charge < -0.3 is 9.84 Å². The highest BCUT2D eigenvalue weighted by Crippen LogP contribution is 2.21. The van der Waals surface area contributed by atoms with Crippen molar-refractivity contribution >= 4 is 11.9 Å². The molecule has 1 aliphatic rings. The molecule has 0 unspecified atom stereocenters. The quantitative estimate of drug-likeness (QED) is 0.472. The third-order valence-corrected chi connectivity index (χ3v) is 2.58. The van der Waals surface area contributed by atoms with Crippen LogP contribution < -0.4 is 0 Å². The van der Waals surface area contributed by atoms with E-state index >= 15 is 0 Å². The first-order chi connectivity index (χ1) is 7.72. The standard InChI is InChI=1S/C12H12O4/c13-6-2-1-3-8-4-5-9-10(7-8)12(15)16-11(9)14/h4-5,7,13H,1-3,6H2. The average Bonchev–Trinajstić information content (AvgIpc) is 2.55. The molecule has 0 amide bonds. The molecule has 0 aliphatic carbocycles. The Bertz CT molecular complexity index is 437. The third kappa shape index (κ3) is 1.97. The van der Waals surface area contributed by atoms with Crippen molar-refractivity contribution in [3.8, 4) is 0 Å². The molecule has 1 aromatic rings. The number of fused-ring (bicyclic) bond motifs is 1. The SMILES string of the molecule is O=C1OC(=O)c2cc(CCCCO)ccc21. The number of carbonyl (C=O) groups is 2. The van der Waals surface area contributed by atoms with Gasteiger partial charge in [0.2, 0.25) is 0 Å². The summed E-state index contributed by atoms with van der Waals surface area (Å²) in [6.07, 6.45) is 2.38. The molecule has 1 aliphatic heterocycles. The van der Waals surface area contributed by atoms with Gasteiger partial charge in [-0.2, -0.15) is 0 Å². The second-order valence-corrected chi connectivity index (χ2v) is 3.74. The summed E-state index contributed by atoms with van der Waals surface area (Å²) in [6, 6.07) is 5.13. The normalized spacial score (nSPS) is 13.8. The van der Waals surface area contributed by atoms with Crippen molar-refractivity contribution < 1.29 is 19.4 Å². The van der Waals surface area contributed by atoms with Crippen molar-refractivity contribution in [1.82, 2.24) is 0 Å². The molecule has 1 aromatic carbocycles. The summed E-state index contributed by atoms with van der Waals surface area (Å²) in [7, 11) is 0. The summed E-state index contributed by atoms with van der Waals surface area (Å²) in [5.74, 6) is -1.13. The highest BCUT2D eigenvalue weighted by atomic mass is 16.6. The lowest BCUT2D eigenvalue weighted by Crippen LogP contribution is -1.97. The number of rotatable bonds is 4. The van der Waals surface area contributed by atoms with E-state index < -0.39 is 11.9 Å². The van der Waals surface area contributed by atoms with E-state index in [1.807, 2.05) is 6.07 Å². The van der Waals surface area contributed by atoms with Crippen molar-refractivity contribution in [2.45, 2.75) is 19.3 Å². The minimum Gasteiger partial charge on any atom is -0.396 e. The lowest BCUT2D eigenvalue weighted by molar-refractivity contribution is 0.0444. The number of aryl methyl sites for hydroxylation is 1. The number of hydrogen-bond acceptors (Lipinski definition) is 4. The smallest absolute Gasteiger partial charge is 0.346 e. The number of carbonyl (C=O) groups excluding carboxylic acids is 2. The highest BCUT2D eigenvalue weighted by Gasteiger charge is 2.29. The summed E-state index contributed by atoms with van der Waals surface area (Å²) < 4.78 is 4.49. The van der Waals surface area contributed by atoms with E-state index in [4.69, 9.17) is 5.11 Å². The first-order valence-corrected chi connectivity index (χ1v) is 5.22. The van der Waals surface area contributed by atoms with E-state index in [0.717, 1.165) is 24.8 Å². The molecule has 0 aromatic heterocycles. The molecule has 4 nitrogen and oxygen atoms in total. The summed E-state index contributed by atoms with van der Waals surface area (Å²) in [5, 5.41) is 8.66. The topological polar surface area (TPSA) is 63.6 Å². The zero-order chi connectivity index (χ0) is 11.5. The van der Waals surface area contributed by atoms with Crippen LogP contribution in [0.1, 0.15) is 39.1 Å². The van der Waals surface area contributed by atoms with Crippen LogP contribution in [0.2, 0.25) is 0 Å². The number of esters is 2. The van der Waals surface area contributed by atoms with Crippen molar-refractivity contribution in [3.05, 3.63) is 34.9 Å². The lowest BCUT2D eigenvalue weighted by Gasteiger charge is -2.01. The largest absolute Gasteiger partial charge is 0.396 e. The van der Waals surface area contributed by atoms with E-state index in [0.29, 0.717) is 11.1 Å². The molecule has 0 saturated heterocycles. The van der Waals surface area contributed by atoms with Crippen molar-refractivity contribution in [2.24, 2.45) is 0 Å². The van der Waals surface area contributed by atoms with Crippen LogP contribution in [0.25, 0.3) is 0 Å². The van der Waals surface area contributed by atoms with Gasteiger partial charge in [0.15, 0.2) is 0 Å². The number of benzene rings is 1. The third-order valence-electron chi connectivity index (χ3n) is 2.58. The van der Waals surface area contributed by atoms with Crippen LogP contribution in [0.3, 0.4) is 0 Å². The Morgan fingerprint density at radius 1 is 1.06 bits per heavy atom. The Hall–Kier alpha value is -1.68. The second kappa shape index (κ2) is 4.45. The summed E-state index contributed by atoms with van der Waals surface area (Å²) in [6.45, 7) is 0.172. The van der Waals surface area contributed by atoms with Gasteiger partial charge in [-0.05, 0) is 37.0 Å². The van der Waals surface area contributed by atoms with Crippen LogP contribution in [0.5, 0.6) is 0 Å². The minimum absolute atomic E-state index is 0.172. The lowest BCUT2D eigenvalue weighted by atomic mass is 10.0. The Balaban J connectivity index is 2.16. The number of ether oxygens (including phenoxy) is 1. The maximum Gasteiger partial charge on any atom is 0.346 e. The molecular weight excluding hydrogens is 208 g/mol. The maximum atomic E-state index is 11.3. The van der Waals surface area contributed by atoms with E-state index in [1.54, 1.807) is 12.1 Å². The molecule has 2 rings (SSSR count). The number of cyclic esters (lactones) is 2. The van der Waals surface area contributed by atoms with E-state index in [-0.39, 0.29) is 6.61 Å². The van der Waals surface area contributed by atoms with Gasteiger partial charge in [-0.3, -0.25) is 0 Å². The Labute approximate surface area is 92.8 Å². The summed E-state index contributed by atoms with van der Waals surface area (Å²) >= 11 is 0. The predicted octanol–water partition coefficient (Wildman–Crippen LogP) is 1.31. The fourth-order valence-corrected chi connectivity index (χ4v) is 1.73. The van der Waals surface area contributed by atoms with Crippen LogP contribution >= 0.6 is 0 Å². The first kappa shape index (κ1) is 10.8. The number of aliphatic hydroxyl groups is 1. The van der Waals surface area contributed by atoms with Crippen molar-refractivity contribution in [1.29, 1.82) is 0 Å². The van der Waals surface area contributed by atoms with Gasteiger partial charge in [0.1, 0.15) is 0 Å². The van der Waals surface area contributed by atoms with E-state index in [9.17, 15) is 9.59 Å². The molecule has 0 atom stereocenters. The van der Waals surface area contributed by atoms with Gasteiger partial charge >= 0.3 is 11.9 Å². The number of aliphatic hydroxyl groups excluding tert-OH is 1. The fraction of sp³-hybridized carbons (Fsp3) is 0.333. The molecule has 4 heteroatoms. The van der Waals surface area contributed by atoms with Gasteiger partial charge in [0.25, 0.3) is 0 Å². The van der Waals surface area contributed by atoms with Crippen molar-refractivity contribution in [2.75, 3.05) is 6.61 Å². The molecule has 84 valence electrons. The van der Waals surface area contributed by atoms with Crippen LogP contribution in [-0.2, 0) is 11.2 Å². The number of unbranched alkanes of at least 4 members (excludes halogenated alkanes) is 1. The fourth-order valence-electron chi connectivity index (χ4n) is 1.73. The zero-order valence-electron chi connectivity index (χ0n) is 8.73. The van der Waals surface area contributed by atoms with Crippen LogP contribution in [-0.4, -0.2) is 23.7 Å². The zero-order valence-corrected chi connectivity index (χ0v) is 8.73. The molecule has 0 bridgehead atoms. The molecule has 1 heterocycles. The Morgan fingerprint density at radius 3 is 2.56 bits per heavy atom. The summed E-state index contributed by atoms with van der Waals surface area (Å²) in [4.78, 5) is 22.4. The molecule has 1 N–H and O–H groups in total. The minimum atomic E-state index is -0.568. The van der Waals surface area contributed by atoms with Gasteiger partial charge in [-0.25, -0.2) is 9.59 Å². The predicted molar refractivity (Wildman–Crippen MR) is 56.2 cm³/mol. The van der Waals surface area contributed by atoms with Crippen LogP contribution in [0.15, 0.2) is 18.2 Å². The molecule has 0 radical (unpaired) electrons. The second-order valence-electron chi connectivity index (χ2n) is 3.74. The van der Waals surface area contributed by atoms with Crippen LogP contribution in [0.4, 0.5) is 0 Å². The Morgan fingerprint density at radius 2 is 1.81 bits per heavy atom. The molecule has 0 spiro atoms. The van der Waals surface area contributed by atoms with Gasteiger partial charge in [0, 0.05) is 6.61 Å². The van der Waals surface area contributed by atoms with Gasteiger partial charge in [0.05, 0.1) is 11.1 Å². The van der Waals surface area contributed by atoms with Crippen molar-refractivity contribution in [3.63, 3.8) is 0 Å². The number of hydrogen-bond donors (Lipinski definition) is 1. The van der Waals surface area contributed by atoms with E-state index in [1.165, 1.54) is 0 Å². The molecule has 0 fully saturated rings. The Kier molecular flexibility index (Phi) is 3.01. The molecule has 16 heavy (non-hydrogen) atoms. The first-order valence-electron chi connectivity index (χ1n) is 5.22. The summed E-state index contributed by atoms with van der Waals surface area (Å²) in [5.41, 5.74) is 1.68. The average molecular weight is 220 g/mol. The maximum absolute atomic E-state index is 11.3. The van der Waals surface area contributed by atoms with Gasteiger partial charge in [-0.15, -0.1) is 0 Å². The monoisotopic (exact) mass is 220 g/mol. The van der Waals surface area contributed by atoms with Crippen LogP contribution in [0, 0.1) is 0 Å². The van der Waals surface area contributed by atoms with Gasteiger partial charge in [-0.1, -0.05) is 6.07 Å². The molecule has 0 saturated carbocycles. The molecular formula is C12H12O4.